The highest BCUT2D eigenvalue weighted by Gasteiger charge is 2.54. The molecule has 1 aliphatic heterocycles. The molecule has 1 aliphatic carbocycles. The molecule has 5 rings (SSSR count). The molecule has 238 valence electrons. The second-order valence-electron chi connectivity index (χ2n) is 12.5. The van der Waals surface area contributed by atoms with Gasteiger partial charge < -0.3 is 11.1 Å². The summed E-state index contributed by atoms with van der Waals surface area (Å²) in [6.07, 6.45) is 8.42. The fraction of sp³-hybridized carbons (Fsp3) is 0.474. The van der Waals surface area contributed by atoms with Crippen LogP contribution in [-0.2, 0) is 19.3 Å². The summed E-state index contributed by atoms with van der Waals surface area (Å²) < 4.78 is 54.6. The highest BCUT2D eigenvalue weighted by molar-refractivity contribution is 6.00. The van der Waals surface area contributed by atoms with E-state index in [1.165, 1.54) is 30.4 Å². The highest BCUT2D eigenvalue weighted by Crippen LogP contribution is 2.45. The maximum Gasteiger partial charge on any atom is 0.303 e. The number of nitrogens with two attached hydrogens (primary N) is 1. The van der Waals surface area contributed by atoms with Gasteiger partial charge in [-0.3, -0.25) is 4.39 Å². The quantitative estimate of drug-likeness (QED) is 0.144. The number of halogens is 4. The van der Waals surface area contributed by atoms with Crippen LogP contribution >= 0.6 is 0 Å². The summed E-state index contributed by atoms with van der Waals surface area (Å²) in [5.74, 6) is -5.58. The molecule has 2 nitrogen and oxygen atoms in total. The van der Waals surface area contributed by atoms with E-state index in [-0.39, 0.29) is 6.67 Å². The third kappa shape index (κ3) is 7.68. The van der Waals surface area contributed by atoms with Crippen LogP contribution in [-0.4, -0.2) is 18.4 Å². The van der Waals surface area contributed by atoms with Gasteiger partial charge in [0.25, 0.3) is 0 Å². The number of hydrogen-bond acceptors (Lipinski definition) is 2. The lowest BCUT2D eigenvalue weighted by Gasteiger charge is -2.37. The van der Waals surface area contributed by atoms with E-state index < -0.39 is 18.1 Å². The van der Waals surface area contributed by atoms with Gasteiger partial charge in [0.05, 0.1) is 6.67 Å². The first-order valence-electron chi connectivity index (χ1n) is 16.3. The second kappa shape index (κ2) is 14.7. The number of nitrogen functional groups attached to an aromatic ring is 1. The molecule has 0 saturated carbocycles. The number of allylic oxidation sites excluding steroid dienone is 1. The third-order valence-corrected chi connectivity index (χ3v) is 9.03. The Kier molecular flexibility index (Phi) is 11.2. The normalized spacial score (nSPS) is 19.5. The molecule has 0 radical (unpaired) electrons. The molecular formula is C38H48F4N2. The number of benzene rings is 3. The molecule has 3 N–H and O–H groups in total. The van der Waals surface area contributed by atoms with Gasteiger partial charge in [-0.2, -0.15) is 0 Å². The molecule has 3 aromatic rings. The Bertz CT molecular complexity index is 1420. The van der Waals surface area contributed by atoms with E-state index in [0.717, 1.165) is 79.0 Å². The summed E-state index contributed by atoms with van der Waals surface area (Å²) in [7, 11) is 0. The lowest BCUT2D eigenvalue weighted by Crippen LogP contribution is -2.52. The fourth-order valence-corrected chi connectivity index (χ4v) is 6.34. The van der Waals surface area contributed by atoms with Gasteiger partial charge in [-0.1, -0.05) is 88.9 Å². The lowest BCUT2D eigenvalue weighted by atomic mass is 9.85. The standard InChI is InChI=1S/C34H39F3N2.C4H9F/c1-4-7-22(5-2)18-23-10-12-24(13-11-23)32-29(9-6-8-25-19-28(38)16-17-30(25)32)26-14-15-27-21-34(36,37)33(3,35)39-31(27)20-26;1-2-3-4-5/h10-17,19-20,22,39H,4-9,18,21,38H2,1-3H3;2-4H2,1H3. The Morgan fingerprint density at radius 1 is 0.864 bits per heavy atom. The van der Waals surface area contributed by atoms with Crippen LogP contribution in [0.4, 0.5) is 28.9 Å². The zero-order valence-corrected chi connectivity index (χ0v) is 26.7. The Morgan fingerprint density at radius 3 is 2.23 bits per heavy atom. The number of aryl methyl sites for hydroxylation is 1. The molecule has 2 aliphatic rings. The van der Waals surface area contributed by atoms with E-state index in [4.69, 9.17) is 5.73 Å². The molecule has 0 saturated heterocycles. The van der Waals surface area contributed by atoms with Crippen molar-refractivity contribution in [2.75, 3.05) is 17.7 Å². The molecule has 0 amide bonds. The fourth-order valence-electron chi connectivity index (χ4n) is 6.34. The Labute approximate surface area is 261 Å². The van der Waals surface area contributed by atoms with Crippen molar-refractivity contribution in [3.63, 3.8) is 0 Å². The molecular weight excluding hydrogens is 560 g/mol. The largest absolute Gasteiger partial charge is 0.399 e. The van der Waals surface area contributed by atoms with E-state index in [1.54, 1.807) is 6.07 Å². The zero-order chi connectivity index (χ0) is 31.9. The first kappa shape index (κ1) is 33.6. The number of hydrogen-bond donors (Lipinski definition) is 2. The molecule has 2 unspecified atom stereocenters. The predicted octanol–water partition coefficient (Wildman–Crippen LogP) is 11.0. The maximum atomic E-state index is 14.9. The van der Waals surface area contributed by atoms with Crippen molar-refractivity contribution in [2.24, 2.45) is 5.92 Å². The number of anilines is 2. The van der Waals surface area contributed by atoms with Crippen LogP contribution in [0.2, 0.25) is 0 Å². The zero-order valence-electron chi connectivity index (χ0n) is 26.7. The van der Waals surface area contributed by atoms with E-state index in [0.29, 0.717) is 17.2 Å². The summed E-state index contributed by atoms with van der Waals surface area (Å²) in [6, 6.07) is 20.5. The first-order chi connectivity index (χ1) is 21.0. The number of rotatable bonds is 9. The van der Waals surface area contributed by atoms with Crippen LogP contribution < -0.4 is 11.1 Å². The van der Waals surface area contributed by atoms with E-state index in [2.05, 4.69) is 55.6 Å². The average Bonchev–Trinajstić information content (AvgIpc) is 3.17. The minimum absolute atomic E-state index is 0.156. The van der Waals surface area contributed by atoms with Crippen molar-refractivity contribution in [3.05, 3.63) is 94.0 Å². The molecule has 44 heavy (non-hydrogen) atoms. The van der Waals surface area contributed by atoms with Gasteiger partial charge in [0.2, 0.25) is 5.79 Å². The van der Waals surface area contributed by atoms with Gasteiger partial charge in [-0.25, -0.2) is 13.2 Å². The van der Waals surface area contributed by atoms with Gasteiger partial charge in [-0.05, 0) is 108 Å². The monoisotopic (exact) mass is 608 g/mol. The Balaban J connectivity index is 0.000000818. The molecule has 0 aromatic heterocycles. The Morgan fingerprint density at radius 2 is 1.59 bits per heavy atom. The van der Waals surface area contributed by atoms with E-state index in [1.807, 2.05) is 25.1 Å². The predicted molar refractivity (Wildman–Crippen MR) is 178 cm³/mol. The lowest BCUT2D eigenvalue weighted by molar-refractivity contribution is -0.117. The van der Waals surface area contributed by atoms with Crippen molar-refractivity contribution in [3.8, 4) is 0 Å². The van der Waals surface area contributed by atoms with Crippen LogP contribution in [0.5, 0.6) is 0 Å². The molecule has 1 heterocycles. The van der Waals surface area contributed by atoms with E-state index >= 15 is 0 Å². The third-order valence-electron chi connectivity index (χ3n) is 9.03. The number of fused-ring (bicyclic) bond motifs is 2. The number of nitrogens with one attached hydrogen (secondary N) is 1. The summed E-state index contributed by atoms with van der Waals surface area (Å²) in [4.78, 5) is 0. The number of alkyl halides is 4. The first-order valence-corrected chi connectivity index (χ1v) is 16.3. The minimum atomic E-state index is -3.47. The summed E-state index contributed by atoms with van der Waals surface area (Å²) in [5.41, 5.74) is 15.8. The van der Waals surface area contributed by atoms with Crippen molar-refractivity contribution in [2.45, 2.75) is 104 Å². The average molecular weight is 609 g/mol. The van der Waals surface area contributed by atoms with Crippen LogP contribution in [0.3, 0.4) is 0 Å². The van der Waals surface area contributed by atoms with Crippen LogP contribution in [0.25, 0.3) is 11.1 Å². The van der Waals surface area contributed by atoms with Crippen molar-refractivity contribution >= 4 is 22.5 Å². The van der Waals surface area contributed by atoms with Crippen molar-refractivity contribution in [1.82, 2.24) is 0 Å². The second-order valence-corrected chi connectivity index (χ2v) is 12.5. The topological polar surface area (TPSA) is 38.0 Å². The Hall–Kier alpha value is -3.28. The highest BCUT2D eigenvalue weighted by atomic mass is 19.3. The molecule has 6 heteroatoms. The molecule has 3 aromatic carbocycles. The van der Waals surface area contributed by atoms with Gasteiger partial charge >= 0.3 is 5.92 Å². The van der Waals surface area contributed by atoms with Gasteiger partial charge in [0.1, 0.15) is 0 Å². The van der Waals surface area contributed by atoms with E-state index in [9.17, 15) is 17.6 Å². The van der Waals surface area contributed by atoms with Gasteiger partial charge in [-0.15, -0.1) is 0 Å². The molecule has 0 bridgehead atoms. The molecule has 2 atom stereocenters. The number of unbranched alkanes of at least 4 members (excludes halogenated alkanes) is 1. The summed E-state index contributed by atoms with van der Waals surface area (Å²) in [5, 5.41) is 2.49. The van der Waals surface area contributed by atoms with Crippen molar-refractivity contribution < 1.29 is 17.6 Å². The van der Waals surface area contributed by atoms with Crippen LogP contribution in [0, 0.1) is 5.92 Å². The van der Waals surface area contributed by atoms with Crippen LogP contribution in [0.1, 0.15) is 106 Å². The minimum Gasteiger partial charge on any atom is -0.399 e. The maximum absolute atomic E-state index is 14.9. The molecule has 0 fully saturated rings. The molecule has 0 spiro atoms. The summed E-state index contributed by atoms with van der Waals surface area (Å²) >= 11 is 0. The van der Waals surface area contributed by atoms with Gasteiger partial charge in [0.15, 0.2) is 0 Å². The SMILES string of the molecule is CCCC(CC)Cc1ccc(C2=C(c3ccc4c(c3)NC(C)(F)C(F)(F)C4)CCCc3cc(N)ccc32)cc1.CCCCF. The van der Waals surface area contributed by atoms with Gasteiger partial charge in [0, 0.05) is 17.8 Å². The van der Waals surface area contributed by atoms with Crippen LogP contribution in [0.15, 0.2) is 60.7 Å². The smallest absolute Gasteiger partial charge is 0.303 e. The summed E-state index contributed by atoms with van der Waals surface area (Å²) in [6.45, 7) is 7.24. The van der Waals surface area contributed by atoms with Crippen molar-refractivity contribution in [1.29, 1.82) is 0 Å².